The van der Waals surface area contributed by atoms with Crippen molar-refractivity contribution in [3.8, 4) is 0 Å². The molecule has 1 aliphatic rings. The summed E-state index contributed by atoms with van der Waals surface area (Å²) in [5, 5.41) is 2.74. The summed E-state index contributed by atoms with van der Waals surface area (Å²) in [6.45, 7) is 3.74. The molecule has 0 radical (unpaired) electrons. The van der Waals surface area contributed by atoms with E-state index in [4.69, 9.17) is 0 Å². The Bertz CT molecular complexity index is 541. The van der Waals surface area contributed by atoms with Crippen molar-refractivity contribution in [1.82, 2.24) is 10.9 Å². The molecule has 1 fully saturated rings. The van der Waals surface area contributed by atoms with Gasteiger partial charge < -0.3 is 10.7 Å². The molecule has 2 amide bonds. The molecule has 20 heavy (non-hydrogen) atoms. The minimum Gasteiger partial charge on any atom is -0.326 e. The highest BCUT2D eigenvalue weighted by Crippen LogP contribution is 2.29. The lowest BCUT2D eigenvalue weighted by molar-refractivity contribution is -0.115. The number of carbonyl (C=O) groups is 2. The summed E-state index contributed by atoms with van der Waals surface area (Å²) < 4.78 is 0. The molecule has 1 aromatic rings. The van der Waals surface area contributed by atoms with E-state index in [-0.39, 0.29) is 11.8 Å². The van der Waals surface area contributed by atoms with Gasteiger partial charge in [0.1, 0.15) is 0 Å². The Labute approximate surface area is 118 Å². The summed E-state index contributed by atoms with van der Waals surface area (Å²) in [5.41, 5.74) is 9.17. The summed E-state index contributed by atoms with van der Waals surface area (Å²) in [6, 6.07) is 6.80. The second-order valence-electron chi connectivity index (χ2n) is 4.79. The number of hydrazine groups is 1. The van der Waals surface area contributed by atoms with E-state index in [1.54, 1.807) is 31.2 Å². The van der Waals surface area contributed by atoms with E-state index in [0.29, 0.717) is 17.7 Å². The largest absolute Gasteiger partial charge is 0.326 e. The van der Waals surface area contributed by atoms with Crippen molar-refractivity contribution in [3.05, 3.63) is 41.1 Å². The molecule has 3 N–H and O–H groups in total. The predicted molar refractivity (Wildman–Crippen MR) is 77.9 cm³/mol. The zero-order chi connectivity index (χ0) is 14.5. The topological polar surface area (TPSA) is 70.2 Å². The number of rotatable bonds is 5. The number of nitrogens with one attached hydrogen (secondary N) is 3. The highest BCUT2D eigenvalue weighted by Gasteiger charge is 2.15. The number of anilines is 1. The van der Waals surface area contributed by atoms with Crippen molar-refractivity contribution in [3.63, 3.8) is 0 Å². The van der Waals surface area contributed by atoms with Crippen molar-refractivity contribution in [2.24, 2.45) is 0 Å². The Morgan fingerprint density at radius 3 is 2.30 bits per heavy atom. The molecular weight excluding hydrogens is 254 g/mol. The van der Waals surface area contributed by atoms with Crippen LogP contribution in [-0.2, 0) is 4.79 Å². The van der Waals surface area contributed by atoms with Crippen molar-refractivity contribution >= 4 is 17.5 Å². The third-order valence-electron chi connectivity index (χ3n) is 3.15. The quantitative estimate of drug-likeness (QED) is 0.721. The van der Waals surface area contributed by atoms with Crippen LogP contribution in [0.2, 0.25) is 0 Å². The average Bonchev–Trinajstić information content (AvgIpc) is 3.29. The molecule has 1 aromatic carbocycles. The molecule has 0 aliphatic heterocycles. The van der Waals surface area contributed by atoms with Crippen LogP contribution in [0.1, 0.15) is 43.5 Å². The number of benzene rings is 1. The van der Waals surface area contributed by atoms with Crippen LogP contribution in [0.4, 0.5) is 5.69 Å². The lowest BCUT2D eigenvalue weighted by atomic mass is 10.2. The zero-order valence-electron chi connectivity index (χ0n) is 11.7. The van der Waals surface area contributed by atoms with Crippen LogP contribution >= 0.6 is 0 Å². The summed E-state index contributed by atoms with van der Waals surface area (Å²) in [6.07, 6.45) is 2.65. The molecule has 0 bridgehead atoms. The predicted octanol–water partition coefficient (Wildman–Crippen LogP) is 2.34. The van der Waals surface area contributed by atoms with Crippen LogP contribution in [0.15, 0.2) is 35.5 Å². The average molecular weight is 273 g/mol. The molecule has 0 heterocycles. The lowest BCUT2D eigenvalue weighted by Gasteiger charge is -2.09. The van der Waals surface area contributed by atoms with Crippen LogP contribution in [0.25, 0.3) is 0 Å². The Kier molecular flexibility index (Phi) is 4.40. The number of amides is 2. The van der Waals surface area contributed by atoms with Gasteiger partial charge in [-0.05, 0) is 49.6 Å². The van der Waals surface area contributed by atoms with Crippen LogP contribution in [0, 0.1) is 0 Å². The van der Waals surface area contributed by atoms with Gasteiger partial charge >= 0.3 is 0 Å². The molecule has 0 saturated heterocycles. The first-order valence-electron chi connectivity index (χ1n) is 6.75. The Hall–Kier alpha value is -2.30. The highest BCUT2D eigenvalue weighted by atomic mass is 16.2. The first-order valence-corrected chi connectivity index (χ1v) is 6.75. The van der Waals surface area contributed by atoms with Gasteiger partial charge in [0.25, 0.3) is 5.91 Å². The first-order chi connectivity index (χ1) is 9.60. The van der Waals surface area contributed by atoms with Gasteiger partial charge in [0, 0.05) is 23.4 Å². The fraction of sp³-hybridized carbons (Fsp3) is 0.333. The van der Waals surface area contributed by atoms with Crippen molar-refractivity contribution in [2.45, 2.75) is 33.1 Å². The fourth-order valence-corrected chi connectivity index (χ4v) is 1.70. The van der Waals surface area contributed by atoms with Crippen molar-refractivity contribution < 1.29 is 9.59 Å². The molecule has 2 rings (SSSR count). The lowest BCUT2D eigenvalue weighted by Crippen LogP contribution is -2.36. The van der Waals surface area contributed by atoms with E-state index in [2.05, 4.69) is 16.2 Å². The van der Waals surface area contributed by atoms with Crippen LogP contribution in [0.5, 0.6) is 0 Å². The molecule has 5 heteroatoms. The monoisotopic (exact) mass is 273 g/mol. The van der Waals surface area contributed by atoms with E-state index in [9.17, 15) is 9.59 Å². The molecule has 1 saturated carbocycles. The summed E-state index contributed by atoms with van der Waals surface area (Å²) in [5.74, 6) is -0.241. The summed E-state index contributed by atoms with van der Waals surface area (Å²) >= 11 is 0. The maximum Gasteiger partial charge on any atom is 0.269 e. The smallest absolute Gasteiger partial charge is 0.269 e. The molecule has 1 aliphatic carbocycles. The van der Waals surface area contributed by atoms with Gasteiger partial charge in [-0.1, -0.05) is 6.92 Å². The fourth-order valence-electron chi connectivity index (χ4n) is 1.70. The molecule has 0 spiro atoms. The molecule has 0 unspecified atom stereocenters. The Morgan fingerprint density at radius 2 is 1.75 bits per heavy atom. The maximum atomic E-state index is 11.9. The first kappa shape index (κ1) is 14.1. The number of allylic oxidation sites excluding steroid dienone is 2. The van der Waals surface area contributed by atoms with Gasteiger partial charge in [-0.25, -0.2) is 0 Å². The SMILES string of the molecule is CCC(=O)Nc1ccc(C(=O)NNC(C)=C2CC2)cc1. The molecule has 0 aromatic heterocycles. The summed E-state index contributed by atoms with van der Waals surface area (Å²) in [7, 11) is 0. The summed E-state index contributed by atoms with van der Waals surface area (Å²) in [4.78, 5) is 23.1. The van der Waals surface area contributed by atoms with Gasteiger partial charge in [-0.15, -0.1) is 0 Å². The van der Waals surface area contributed by atoms with Crippen LogP contribution in [-0.4, -0.2) is 11.8 Å². The molecular formula is C15H19N3O2. The third-order valence-corrected chi connectivity index (χ3v) is 3.15. The minimum absolute atomic E-state index is 0.0458. The number of hydrogen-bond acceptors (Lipinski definition) is 3. The van der Waals surface area contributed by atoms with Crippen LogP contribution < -0.4 is 16.2 Å². The van der Waals surface area contributed by atoms with Gasteiger partial charge in [0.05, 0.1) is 0 Å². The Morgan fingerprint density at radius 1 is 1.10 bits per heavy atom. The van der Waals surface area contributed by atoms with Crippen molar-refractivity contribution in [2.75, 3.05) is 5.32 Å². The second kappa shape index (κ2) is 6.23. The standard InChI is InChI=1S/C15H19N3O2/c1-3-14(19)16-13-8-6-12(7-9-13)15(20)18-17-10(2)11-4-5-11/h6-9,17H,3-5H2,1-2H3,(H,16,19)(H,18,20). The normalized spacial score (nSPS) is 12.6. The minimum atomic E-state index is -0.195. The van der Waals surface area contributed by atoms with E-state index >= 15 is 0 Å². The van der Waals surface area contributed by atoms with E-state index < -0.39 is 0 Å². The van der Waals surface area contributed by atoms with Gasteiger partial charge in [-0.2, -0.15) is 0 Å². The highest BCUT2D eigenvalue weighted by molar-refractivity contribution is 5.95. The second-order valence-corrected chi connectivity index (χ2v) is 4.79. The molecule has 5 nitrogen and oxygen atoms in total. The van der Waals surface area contributed by atoms with Gasteiger partial charge in [-0.3, -0.25) is 15.0 Å². The number of carbonyl (C=O) groups excluding carboxylic acids is 2. The Balaban J connectivity index is 1.90. The van der Waals surface area contributed by atoms with Crippen molar-refractivity contribution in [1.29, 1.82) is 0 Å². The number of hydrogen-bond donors (Lipinski definition) is 3. The van der Waals surface area contributed by atoms with E-state index in [1.165, 1.54) is 5.57 Å². The van der Waals surface area contributed by atoms with E-state index in [0.717, 1.165) is 18.5 Å². The zero-order valence-corrected chi connectivity index (χ0v) is 11.7. The molecule has 106 valence electrons. The third kappa shape index (κ3) is 3.85. The van der Waals surface area contributed by atoms with E-state index in [1.807, 2.05) is 6.92 Å². The molecule has 0 atom stereocenters. The maximum absolute atomic E-state index is 11.9. The van der Waals surface area contributed by atoms with Gasteiger partial charge in [0.15, 0.2) is 0 Å². The van der Waals surface area contributed by atoms with Crippen LogP contribution in [0.3, 0.4) is 0 Å². The van der Waals surface area contributed by atoms with Gasteiger partial charge in [0.2, 0.25) is 5.91 Å².